The van der Waals surface area contributed by atoms with Gasteiger partial charge in [-0.25, -0.2) is 9.78 Å². The van der Waals surface area contributed by atoms with Crippen LogP contribution < -0.4 is 10.2 Å². The van der Waals surface area contributed by atoms with E-state index in [-0.39, 0.29) is 18.2 Å². The van der Waals surface area contributed by atoms with E-state index in [1.165, 1.54) is 0 Å². The van der Waals surface area contributed by atoms with Gasteiger partial charge in [0.2, 0.25) is 0 Å². The Morgan fingerprint density at radius 3 is 2.77 bits per heavy atom. The van der Waals surface area contributed by atoms with Gasteiger partial charge in [0, 0.05) is 64.0 Å². The number of nitrogens with zero attached hydrogens (tertiary/aromatic N) is 6. The molecule has 2 fully saturated rings. The Kier molecular flexibility index (Phi) is 4.70. The average Bonchev–Trinajstić information content (AvgIpc) is 3.31. The molecule has 2 aliphatic rings. The lowest BCUT2D eigenvalue weighted by atomic mass is 10.1. The van der Waals surface area contributed by atoms with Crippen molar-refractivity contribution in [1.82, 2.24) is 30.0 Å². The molecule has 2 aromatic heterocycles. The highest BCUT2D eigenvalue weighted by molar-refractivity contribution is 5.75. The van der Waals surface area contributed by atoms with E-state index in [9.17, 15) is 4.79 Å². The van der Waals surface area contributed by atoms with Crippen molar-refractivity contribution in [2.24, 2.45) is 7.05 Å². The Labute approximate surface area is 152 Å². The largest absolute Gasteiger partial charge is 0.371 e. The lowest BCUT2D eigenvalue weighted by molar-refractivity contribution is 0.0978. The number of carbonyl (C=O) groups excluding carboxylic acids is 1. The summed E-state index contributed by atoms with van der Waals surface area (Å²) >= 11 is 0. The van der Waals surface area contributed by atoms with Crippen molar-refractivity contribution in [1.29, 1.82) is 0 Å². The first kappa shape index (κ1) is 16.8. The van der Waals surface area contributed by atoms with Crippen LogP contribution in [0.25, 0.3) is 0 Å². The second-order valence-corrected chi connectivity index (χ2v) is 6.62. The molecule has 26 heavy (non-hydrogen) atoms. The molecule has 0 bridgehead atoms. The summed E-state index contributed by atoms with van der Waals surface area (Å²) in [5.74, 6) is 0.855. The fraction of sp³-hybridized carbons (Fsp3) is 0.529. The van der Waals surface area contributed by atoms with Gasteiger partial charge in [0.25, 0.3) is 0 Å². The minimum absolute atomic E-state index is 0.0234. The molecule has 0 unspecified atom stereocenters. The second-order valence-electron chi connectivity index (χ2n) is 6.62. The first-order valence-corrected chi connectivity index (χ1v) is 8.87. The number of aromatic nitrogens is 4. The molecule has 2 atom stereocenters. The average molecular weight is 357 g/mol. The number of aryl methyl sites for hydroxylation is 1. The monoisotopic (exact) mass is 357 g/mol. The quantitative estimate of drug-likeness (QED) is 0.864. The zero-order valence-electron chi connectivity index (χ0n) is 14.8. The van der Waals surface area contributed by atoms with E-state index in [1.807, 2.05) is 18.1 Å². The van der Waals surface area contributed by atoms with Crippen LogP contribution in [0.1, 0.15) is 18.1 Å². The highest BCUT2D eigenvalue weighted by Gasteiger charge is 2.33. The highest BCUT2D eigenvalue weighted by atomic mass is 16.5. The van der Waals surface area contributed by atoms with Gasteiger partial charge >= 0.3 is 6.03 Å². The number of hydrogen-bond donors (Lipinski definition) is 1. The number of nitrogens with one attached hydrogen (secondary N) is 1. The molecule has 2 amide bonds. The van der Waals surface area contributed by atoms with E-state index in [1.54, 1.807) is 29.5 Å². The molecule has 1 N–H and O–H groups in total. The Morgan fingerprint density at radius 2 is 2.08 bits per heavy atom. The Morgan fingerprint density at radius 1 is 1.23 bits per heavy atom. The zero-order valence-corrected chi connectivity index (χ0v) is 14.8. The van der Waals surface area contributed by atoms with Crippen LogP contribution in [-0.4, -0.2) is 69.5 Å². The van der Waals surface area contributed by atoms with Gasteiger partial charge in [0.15, 0.2) is 0 Å². The first-order chi connectivity index (χ1) is 12.7. The third kappa shape index (κ3) is 3.48. The third-order valence-corrected chi connectivity index (χ3v) is 4.89. The van der Waals surface area contributed by atoms with Crippen LogP contribution in [0.4, 0.5) is 10.6 Å². The normalized spacial score (nSPS) is 23.3. The van der Waals surface area contributed by atoms with E-state index >= 15 is 0 Å². The molecule has 2 saturated heterocycles. The number of carbonyl (C=O) groups is 1. The van der Waals surface area contributed by atoms with E-state index in [0.717, 1.165) is 30.9 Å². The Hall–Kier alpha value is -2.68. The predicted octanol–water partition coefficient (Wildman–Crippen LogP) is 0.572. The van der Waals surface area contributed by atoms with E-state index < -0.39 is 0 Å². The molecule has 2 aromatic rings. The lowest BCUT2D eigenvalue weighted by Gasteiger charge is -2.36. The smallest absolute Gasteiger partial charge is 0.317 e. The molecule has 0 radical (unpaired) electrons. The Balaban J connectivity index is 1.32. The molecule has 0 spiro atoms. The van der Waals surface area contributed by atoms with Crippen LogP contribution in [0.15, 0.2) is 31.0 Å². The molecule has 4 rings (SSSR count). The highest BCUT2D eigenvalue weighted by Crippen LogP contribution is 2.29. The minimum Gasteiger partial charge on any atom is -0.371 e. The van der Waals surface area contributed by atoms with Crippen LogP contribution in [0.2, 0.25) is 0 Å². The van der Waals surface area contributed by atoms with Gasteiger partial charge < -0.3 is 19.9 Å². The summed E-state index contributed by atoms with van der Waals surface area (Å²) in [5, 5.41) is 7.34. The van der Waals surface area contributed by atoms with Crippen LogP contribution in [-0.2, 0) is 11.8 Å². The van der Waals surface area contributed by atoms with Crippen molar-refractivity contribution in [3.63, 3.8) is 0 Å². The molecular formula is C17H23N7O2. The van der Waals surface area contributed by atoms with Gasteiger partial charge in [-0.1, -0.05) is 0 Å². The van der Waals surface area contributed by atoms with Crippen LogP contribution >= 0.6 is 0 Å². The predicted molar refractivity (Wildman–Crippen MR) is 94.7 cm³/mol. The fourth-order valence-corrected chi connectivity index (χ4v) is 3.50. The second kappa shape index (κ2) is 7.28. The number of anilines is 1. The summed E-state index contributed by atoms with van der Waals surface area (Å²) in [7, 11) is 1.88. The SMILES string of the molecule is Cn1cc([C@@H]2OCC[C@H]2NC(=O)N2CCN(c3cnccn3)CC2)cn1. The summed E-state index contributed by atoms with van der Waals surface area (Å²) < 4.78 is 7.57. The standard InChI is InChI=1S/C17H23N7O2/c1-22-12-13(10-20-22)16-14(2-9-26-16)21-17(25)24-7-5-23(6-8-24)15-11-18-3-4-19-15/h3-4,10-12,14,16H,2,5-9H2,1H3,(H,21,25)/t14-,16+/m1/s1. The van der Waals surface area contributed by atoms with Crippen LogP contribution in [0.3, 0.4) is 0 Å². The molecule has 0 aliphatic carbocycles. The molecule has 2 aliphatic heterocycles. The van der Waals surface area contributed by atoms with Gasteiger partial charge in [-0.3, -0.25) is 9.67 Å². The van der Waals surface area contributed by atoms with Crippen LogP contribution in [0, 0.1) is 0 Å². The van der Waals surface area contributed by atoms with Gasteiger partial charge in [0.05, 0.1) is 18.4 Å². The van der Waals surface area contributed by atoms with Gasteiger partial charge in [0.1, 0.15) is 11.9 Å². The van der Waals surface area contributed by atoms with Crippen LogP contribution in [0.5, 0.6) is 0 Å². The number of urea groups is 1. The summed E-state index contributed by atoms with van der Waals surface area (Å²) in [6, 6.07) is -0.0575. The minimum atomic E-state index is -0.131. The van der Waals surface area contributed by atoms with Gasteiger partial charge in [-0.15, -0.1) is 0 Å². The molecule has 9 heteroatoms. The van der Waals surface area contributed by atoms with Gasteiger partial charge in [-0.2, -0.15) is 5.10 Å². The van der Waals surface area contributed by atoms with Crippen molar-refractivity contribution in [2.75, 3.05) is 37.7 Å². The number of amides is 2. The van der Waals surface area contributed by atoms with Crippen molar-refractivity contribution >= 4 is 11.8 Å². The van der Waals surface area contributed by atoms with E-state index in [4.69, 9.17) is 4.74 Å². The summed E-state index contributed by atoms with van der Waals surface area (Å²) in [6.45, 7) is 3.46. The van der Waals surface area contributed by atoms with Gasteiger partial charge in [-0.05, 0) is 6.42 Å². The third-order valence-electron chi connectivity index (χ3n) is 4.89. The number of piperazine rings is 1. The fourth-order valence-electron chi connectivity index (χ4n) is 3.50. The van der Waals surface area contributed by atoms with Crippen molar-refractivity contribution in [3.8, 4) is 0 Å². The first-order valence-electron chi connectivity index (χ1n) is 8.87. The maximum absolute atomic E-state index is 12.7. The summed E-state index contributed by atoms with van der Waals surface area (Å²) in [4.78, 5) is 25.1. The van der Waals surface area contributed by atoms with E-state index in [2.05, 4.69) is 25.3 Å². The topological polar surface area (TPSA) is 88.4 Å². The maximum Gasteiger partial charge on any atom is 0.317 e. The van der Waals surface area contributed by atoms with Crippen molar-refractivity contribution in [3.05, 3.63) is 36.5 Å². The Bertz CT molecular complexity index is 743. The maximum atomic E-state index is 12.7. The van der Waals surface area contributed by atoms with Crippen molar-refractivity contribution < 1.29 is 9.53 Å². The molecule has 138 valence electrons. The van der Waals surface area contributed by atoms with Crippen molar-refractivity contribution in [2.45, 2.75) is 18.6 Å². The summed E-state index contributed by atoms with van der Waals surface area (Å²) in [6.07, 6.45) is 9.52. The number of hydrogen-bond acceptors (Lipinski definition) is 6. The number of rotatable bonds is 3. The molecule has 0 saturated carbocycles. The zero-order chi connectivity index (χ0) is 17.9. The molecule has 0 aromatic carbocycles. The molecule has 9 nitrogen and oxygen atoms in total. The van der Waals surface area contributed by atoms with E-state index in [0.29, 0.717) is 19.7 Å². The molecule has 4 heterocycles. The summed E-state index contributed by atoms with van der Waals surface area (Å²) in [5.41, 5.74) is 1.00. The number of ether oxygens (including phenoxy) is 1. The lowest BCUT2D eigenvalue weighted by Crippen LogP contribution is -2.54. The molecular weight excluding hydrogens is 334 g/mol.